The fourth-order valence-electron chi connectivity index (χ4n) is 0.293. The number of aliphatic hydroxyl groups excluding tert-OH is 1. The standard InChI is InChI=1S/C5H6N2O2/c6-3-4(1-2-8)5(7)9/h1,8H,2H2,(H2,7,9). The van der Waals surface area contributed by atoms with Crippen LogP contribution in [0.25, 0.3) is 0 Å². The Morgan fingerprint density at radius 1 is 1.89 bits per heavy atom. The molecule has 0 spiro atoms. The summed E-state index contributed by atoms with van der Waals surface area (Å²) in [7, 11) is 0. The molecule has 0 saturated carbocycles. The second kappa shape index (κ2) is 3.64. The Morgan fingerprint density at radius 3 is 2.56 bits per heavy atom. The highest BCUT2D eigenvalue weighted by molar-refractivity contribution is 5.95. The molecule has 0 aromatic heterocycles. The number of hydrogen-bond acceptors (Lipinski definition) is 3. The zero-order valence-corrected chi connectivity index (χ0v) is 4.66. The molecule has 0 bridgehead atoms. The number of amides is 1. The Hall–Kier alpha value is -1.34. The molecule has 0 aromatic rings. The monoisotopic (exact) mass is 126 g/mol. The van der Waals surface area contributed by atoms with Gasteiger partial charge in [0.05, 0.1) is 6.61 Å². The van der Waals surface area contributed by atoms with Gasteiger partial charge in [-0.3, -0.25) is 4.79 Å². The van der Waals surface area contributed by atoms with Gasteiger partial charge in [-0.25, -0.2) is 0 Å². The van der Waals surface area contributed by atoms with E-state index in [-0.39, 0.29) is 12.2 Å². The first-order valence-corrected chi connectivity index (χ1v) is 2.23. The predicted molar refractivity (Wildman–Crippen MR) is 30.0 cm³/mol. The van der Waals surface area contributed by atoms with Gasteiger partial charge in [0.1, 0.15) is 11.6 Å². The molecule has 0 heterocycles. The molecule has 0 radical (unpaired) electrons. The van der Waals surface area contributed by atoms with Gasteiger partial charge in [0.15, 0.2) is 0 Å². The Kier molecular flexibility index (Phi) is 3.09. The molecule has 0 atom stereocenters. The van der Waals surface area contributed by atoms with Crippen molar-refractivity contribution in [3.63, 3.8) is 0 Å². The Balaban J connectivity index is 4.20. The van der Waals surface area contributed by atoms with Gasteiger partial charge < -0.3 is 10.8 Å². The molecule has 4 heteroatoms. The molecule has 48 valence electrons. The molecule has 0 saturated heterocycles. The van der Waals surface area contributed by atoms with Crippen molar-refractivity contribution in [3.8, 4) is 6.07 Å². The van der Waals surface area contributed by atoms with Crippen molar-refractivity contribution in [2.24, 2.45) is 5.73 Å². The van der Waals surface area contributed by atoms with Crippen LogP contribution in [0.3, 0.4) is 0 Å². The zero-order chi connectivity index (χ0) is 7.28. The van der Waals surface area contributed by atoms with Crippen LogP contribution in [0.2, 0.25) is 0 Å². The average molecular weight is 126 g/mol. The topological polar surface area (TPSA) is 87.1 Å². The van der Waals surface area contributed by atoms with Gasteiger partial charge in [-0.15, -0.1) is 0 Å². The largest absolute Gasteiger partial charge is 0.392 e. The second-order valence-electron chi connectivity index (χ2n) is 1.28. The van der Waals surface area contributed by atoms with Gasteiger partial charge in [0.2, 0.25) is 0 Å². The highest BCUT2D eigenvalue weighted by Gasteiger charge is 1.99. The Labute approximate surface area is 52.2 Å². The number of nitrogens with zero attached hydrogens (tertiary/aromatic N) is 1. The highest BCUT2D eigenvalue weighted by Crippen LogP contribution is 1.86. The number of aliphatic hydroxyl groups is 1. The van der Waals surface area contributed by atoms with Gasteiger partial charge in [0.25, 0.3) is 5.91 Å². The second-order valence-corrected chi connectivity index (χ2v) is 1.28. The quantitative estimate of drug-likeness (QED) is 0.364. The minimum atomic E-state index is -0.813. The molecule has 0 fully saturated rings. The van der Waals surface area contributed by atoms with E-state index in [4.69, 9.17) is 16.1 Å². The van der Waals surface area contributed by atoms with Crippen LogP contribution in [-0.4, -0.2) is 17.6 Å². The molecule has 0 aliphatic rings. The summed E-state index contributed by atoms with van der Waals surface area (Å²) in [5, 5.41) is 16.3. The van der Waals surface area contributed by atoms with Crippen LogP contribution in [-0.2, 0) is 4.79 Å². The minimum Gasteiger partial charge on any atom is -0.392 e. The first kappa shape index (κ1) is 7.66. The molecule has 3 N–H and O–H groups in total. The molecule has 1 amide bonds. The van der Waals surface area contributed by atoms with E-state index in [1.807, 2.05) is 0 Å². The molecule has 0 aliphatic carbocycles. The summed E-state index contributed by atoms with van der Waals surface area (Å²) < 4.78 is 0. The molecular weight excluding hydrogens is 120 g/mol. The van der Waals surface area contributed by atoms with Gasteiger partial charge in [-0.1, -0.05) is 0 Å². The van der Waals surface area contributed by atoms with Crippen molar-refractivity contribution in [1.29, 1.82) is 5.26 Å². The summed E-state index contributed by atoms with van der Waals surface area (Å²) in [6.07, 6.45) is 1.06. The molecule has 0 unspecified atom stereocenters. The maximum absolute atomic E-state index is 10.1. The van der Waals surface area contributed by atoms with Crippen molar-refractivity contribution >= 4 is 5.91 Å². The van der Waals surface area contributed by atoms with Gasteiger partial charge in [-0.2, -0.15) is 5.26 Å². The number of hydrogen-bond donors (Lipinski definition) is 2. The maximum atomic E-state index is 10.1. The summed E-state index contributed by atoms with van der Waals surface area (Å²) in [5.41, 5.74) is 4.48. The normalized spacial score (nSPS) is 10.4. The lowest BCUT2D eigenvalue weighted by atomic mass is 10.3. The van der Waals surface area contributed by atoms with Crippen LogP contribution in [0.4, 0.5) is 0 Å². The maximum Gasteiger partial charge on any atom is 0.259 e. The number of nitriles is 1. The first-order valence-electron chi connectivity index (χ1n) is 2.23. The van der Waals surface area contributed by atoms with Gasteiger partial charge in [-0.05, 0) is 6.08 Å². The van der Waals surface area contributed by atoms with Crippen LogP contribution in [0, 0.1) is 11.3 Å². The summed E-state index contributed by atoms with van der Waals surface area (Å²) in [6, 6.07) is 1.53. The van der Waals surface area contributed by atoms with E-state index in [1.54, 1.807) is 0 Å². The lowest BCUT2D eigenvalue weighted by molar-refractivity contribution is -0.114. The van der Waals surface area contributed by atoms with Crippen molar-refractivity contribution in [3.05, 3.63) is 11.6 Å². The van der Waals surface area contributed by atoms with E-state index in [9.17, 15) is 4.79 Å². The molecule has 0 rings (SSSR count). The van der Waals surface area contributed by atoms with Crippen LogP contribution >= 0.6 is 0 Å². The van der Waals surface area contributed by atoms with Crippen molar-refractivity contribution in [2.45, 2.75) is 0 Å². The molecule has 0 aromatic carbocycles. The Bertz CT molecular complexity index is 178. The van der Waals surface area contributed by atoms with E-state index in [1.165, 1.54) is 6.07 Å². The molecule has 0 aliphatic heterocycles. The van der Waals surface area contributed by atoms with Crippen LogP contribution < -0.4 is 5.73 Å². The van der Waals surface area contributed by atoms with E-state index >= 15 is 0 Å². The molecule has 9 heavy (non-hydrogen) atoms. The minimum absolute atomic E-state index is 0.211. The van der Waals surface area contributed by atoms with E-state index in [0.29, 0.717) is 0 Å². The fraction of sp³-hybridized carbons (Fsp3) is 0.200. The Morgan fingerprint density at radius 2 is 2.44 bits per heavy atom. The smallest absolute Gasteiger partial charge is 0.259 e. The summed E-state index contributed by atoms with van der Waals surface area (Å²) in [5.74, 6) is -0.813. The summed E-state index contributed by atoms with van der Waals surface area (Å²) >= 11 is 0. The molecule has 4 nitrogen and oxygen atoms in total. The highest BCUT2D eigenvalue weighted by atomic mass is 16.2. The lowest BCUT2D eigenvalue weighted by Crippen LogP contribution is -2.12. The van der Waals surface area contributed by atoms with E-state index in [2.05, 4.69) is 0 Å². The van der Waals surface area contributed by atoms with Crippen LogP contribution in [0.1, 0.15) is 0 Å². The van der Waals surface area contributed by atoms with Gasteiger partial charge >= 0.3 is 0 Å². The third-order valence-electron chi connectivity index (χ3n) is 0.681. The SMILES string of the molecule is N#CC(=CCO)C(N)=O. The van der Waals surface area contributed by atoms with Crippen molar-refractivity contribution in [1.82, 2.24) is 0 Å². The zero-order valence-electron chi connectivity index (χ0n) is 4.66. The van der Waals surface area contributed by atoms with Crippen molar-refractivity contribution < 1.29 is 9.90 Å². The fourth-order valence-corrected chi connectivity index (χ4v) is 0.293. The van der Waals surface area contributed by atoms with Crippen LogP contribution in [0.5, 0.6) is 0 Å². The number of nitrogens with two attached hydrogens (primary N) is 1. The van der Waals surface area contributed by atoms with E-state index in [0.717, 1.165) is 6.08 Å². The lowest BCUT2D eigenvalue weighted by Gasteiger charge is -1.85. The molecular formula is C5H6N2O2. The third kappa shape index (κ3) is 2.46. The first-order chi connectivity index (χ1) is 4.22. The van der Waals surface area contributed by atoms with Gasteiger partial charge in [0, 0.05) is 0 Å². The third-order valence-corrected chi connectivity index (χ3v) is 0.681. The van der Waals surface area contributed by atoms with Crippen molar-refractivity contribution in [2.75, 3.05) is 6.61 Å². The van der Waals surface area contributed by atoms with Crippen LogP contribution in [0.15, 0.2) is 11.6 Å². The number of carbonyl (C=O) groups excluding carboxylic acids is 1. The average Bonchev–Trinajstić information content (AvgIpc) is 1.82. The predicted octanol–water partition coefficient (Wildman–Crippen LogP) is -1.09. The number of rotatable bonds is 2. The number of carbonyl (C=O) groups is 1. The summed E-state index contributed by atoms with van der Waals surface area (Å²) in [6.45, 7) is -0.341. The summed E-state index contributed by atoms with van der Waals surface area (Å²) in [4.78, 5) is 10.1. The number of primary amides is 1. The van der Waals surface area contributed by atoms with E-state index < -0.39 is 5.91 Å².